The minimum atomic E-state index is -1.94. The van der Waals surface area contributed by atoms with Crippen molar-refractivity contribution in [3.8, 4) is 16.9 Å². The maximum absolute atomic E-state index is 7.05. The van der Waals surface area contributed by atoms with E-state index in [0.717, 1.165) is 45.5 Å². The summed E-state index contributed by atoms with van der Waals surface area (Å²) in [6, 6.07) is 20.4. The summed E-state index contributed by atoms with van der Waals surface area (Å²) in [5.74, 6) is 1.06. The minimum absolute atomic E-state index is 0.338. The summed E-state index contributed by atoms with van der Waals surface area (Å²) in [5, 5.41) is 5.84. The van der Waals surface area contributed by atoms with Crippen molar-refractivity contribution >= 4 is 60.1 Å². The van der Waals surface area contributed by atoms with E-state index >= 15 is 0 Å². The summed E-state index contributed by atoms with van der Waals surface area (Å²) in [6.07, 6.45) is 0. The number of rotatable bonds is 7. The molecule has 0 fully saturated rings. The van der Waals surface area contributed by atoms with Gasteiger partial charge in [-0.25, -0.2) is 0 Å². The molecule has 0 unspecified atom stereocenters. The summed E-state index contributed by atoms with van der Waals surface area (Å²) in [5.41, 5.74) is 4.13. The Morgan fingerprint density at radius 3 is 2.00 bits per heavy atom. The maximum atomic E-state index is 7.05. The zero-order chi connectivity index (χ0) is 26.5. The first-order chi connectivity index (χ1) is 16.9. The number of hydrogen-bond acceptors (Lipinski definition) is 2. The predicted octanol–water partition coefficient (Wildman–Crippen LogP) is 9.34. The van der Waals surface area contributed by atoms with Gasteiger partial charge in [0.05, 0.1) is 16.1 Å². The highest BCUT2D eigenvalue weighted by atomic mass is 35.5. The van der Waals surface area contributed by atoms with E-state index in [-0.39, 0.29) is 5.60 Å². The Bertz CT molecular complexity index is 1380. The number of fused-ring (bicyclic) bond motifs is 3. The Kier molecular flexibility index (Phi) is 7.28. The molecule has 0 aliphatic heterocycles. The van der Waals surface area contributed by atoms with Crippen LogP contribution in [0.3, 0.4) is 0 Å². The van der Waals surface area contributed by atoms with E-state index < -0.39 is 16.1 Å². The van der Waals surface area contributed by atoms with Crippen LogP contribution in [0.4, 0.5) is 0 Å². The molecular formula is C31H41ClO2Si2. The molecule has 0 atom stereocenters. The van der Waals surface area contributed by atoms with Crippen LogP contribution in [0.5, 0.6) is 5.75 Å². The second-order valence-electron chi connectivity index (χ2n) is 12.1. The molecule has 192 valence electrons. The van der Waals surface area contributed by atoms with Gasteiger partial charge in [0.2, 0.25) is 0 Å². The monoisotopic (exact) mass is 536 g/mol. The summed E-state index contributed by atoms with van der Waals surface area (Å²) in [6.45, 7) is 20.8. The number of benzene rings is 3. The molecule has 0 aliphatic carbocycles. The molecule has 36 heavy (non-hydrogen) atoms. The van der Waals surface area contributed by atoms with Crippen LogP contribution in [-0.2, 0) is 0 Å². The Morgan fingerprint density at radius 1 is 0.861 bits per heavy atom. The van der Waals surface area contributed by atoms with Crippen LogP contribution in [0.2, 0.25) is 42.8 Å². The molecule has 1 heterocycles. The summed E-state index contributed by atoms with van der Waals surface area (Å²) in [7, 11) is -3.87. The van der Waals surface area contributed by atoms with Crippen molar-refractivity contribution < 1.29 is 9.15 Å². The van der Waals surface area contributed by atoms with Gasteiger partial charge in [-0.3, -0.25) is 0 Å². The molecular weight excluding hydrogens is 496 g/mol. The Morgan fingerprint density at radius 2 is 1.47 bits per heavy atom. The second kappa shape index (κ2) is 9.70. The van der Waals surface area contributed by atoms with Crippen molar-refractivity contribution in [1.82, 2.24) is 0 Å². The number of hydrogen-bond donors (Lipinski definition) is 0. The van der Waals surface area contributed by atoms with Gasteiger partial charge < -0.3 is 9.15 Å². The van der Waals surface area contributed by atoms with Crippen LogP contribution in [0.15, 0.2) is 52.9 Å². The van der Waals surface area contributed by atoms with Gasteiger partial charge in [-0.05, 0) is 54.9 Å². The van der Waals surface area contributed by atoms with Crippen molar-refractivity contribution in [2.75, 3.05) is 0 Å². The summed E-state index contributed by atoms with van der Waals surface area (Å²) in [4.78, 5) is 0. The first kappa shape index (κ1) is 27.0. The van der Waals surface area contributed by atoms with Gasteiger partial charge in [0.25, 0.3) is 0 Å². The van der Waals surface area contributed by atoms with Crippen LogP contribution >= 0.6 is 11.6 Å². The van der Waals surface area contributed by atoms with E-state index in [1.165, 1.54) is 26.9 Å². The minimum Gasteiger partial charge on any atom is -0.488 e. The Hall–Kier alpha value is -2.02. The Balaban J connectivity index is 2.41. The highest BCUT2D eigenvalue weighted by Gasteiger charge is 2.41. The molecule has 3 aromatic carbocycles. The first-order valence-electron chi connectivity index (χ1n) is 13.3. The quantitative estimate of drug-likeness (QED) is 0.219. The van der Waals surface area contributed by atoms with E-state index in [0.29, 0.717) is 0 Å². The molecule has 0 spiro atoms. The molecule has 2 nitrogen and oxygen atoms in total. The molecule has 0 aliphatic rings. The van der Waals surface area contributed by atoms with Crippen LogP contribution in [-0.4, -0.2) is 21.7 Å². The van der Waals surface area contributed by atoms with Crippen LogP contribution in [0.25, 0.3) is 33.1 Å². The third-order valence-electron chi connectivity index (χ3n) is 7.61. The first-order valence-corrected chi connectivity index (χ1v) is 19.8. The maximum Gasteiger partial charge on any atom is 0.135 e. The van der Waals surface area contributed by atoms with E-state index in [2.05, 4.69) is 97.6 Å². The fourth-order valence-electron chi connectivity index (χ4n) is 5.75. The van der Waals surface area contributed by atoms with Gasteiger partial charge in [-0.15, -0.1) is 0 Å². The molecule has 1 aromatic heterocycles. The average molecular weight is 537 g/mol. The van der Waals surface area contributed by atoms with Crippen molar-refractivity contribution in [3.05, 3.63) is 53.6 Å². The second-order valence-corrected chi connectivity index (χ2v) is 22.7. The molecule has 4 rings (SSSR count). The molecule has 0 amide bonds. The van der Waals surface area contributed by atoms with E-state index in [4.69, 9.17) is 20.8 Å². The van der Waals surface area contributed by atoms with Crippen molar-refractivity contribution in [2.45, 2.75) is 84.9 Å². The number of halogens is 1. The van der Waals surface area contributed by atoms with Gasteiger partial charge in [0, 0.05) is 21.4 Å². The fourth-order valence-corrected chi connectivity index (χ4v) is 11.8. The van der Waals surface area contributed by atoms with Crippen LogP contribution in [0, 0.1) is 0 Å². The van der Waals surface area contributed by atoms with Gasteiger partial charge in [0.15, 0.2) is 0 Å². The topological polar surface area (TPSA) is 22.4 Å². The third kappa shape index (κ3) is 4.68. The van der Waals surface area contributed by atoms with Gasteiger partial charge in [-0.2, -0.15) is 0 Å². The van der Waals surface area contributed by atoms with Gasteiger partial charge in [-0.1, -0.05) is 100 Å². The molecule has 0 bridgehead atoms. The van der Waals surface area contributed by atoms with Crippen LogP contribution in [0.1, 0.15) is 41.5 Å². The lowest BCUT2D eigenvalue weighted by atomic mass is 10.0. The average Bonchev–Trinajstić information content (AvgIpc) is 3.17. The summed E-state index contributed by atoms with van der Waals surface area (Å²) >= 11 is 6.57. The van der Waals surface area contributed by atoms with Gasteiger partial charge in [0.1, 0.15) is 22.5 Å². The number of ether oxygens (including phenoxy) is 1. The smallest absolute Gasteiger partial charge is 0.135 e. The predicted molar refractivity (Wildman–Crippen MR) is 164 cm³/mol. The number of furan rings is 1. The lowest BCUT2D eigenvalue weighted by molar-refractivity contribution is 0.133. The van der Waals surface area contributed by atoms with E-state index in [9.17, 15) is 0 Å². The van der Waals surface area contributed by atoms with Gasteiger partial charge >= 0.3 is 0 Å². The SMILES string of the molecule is CC[Si](CC)(CC)c1c(-c2ccccc2)c(OC(C)(C)C)c([Si](C)(C)C)c2c1oc1ccc(Cl)cc12. The standard InChI is InChI=1S/C31H41ClO2Si2/c1-10-36(11-2,12-3)30-25(21-16-14-13-15-17-21)28(34-31(4,5)6)29(35(7,8)9)26-23-20-22(32)18-19-24(23)33-27(26)30/h13-20H,10-12H2,1-9H3. The highest BCUT2D eigenvalue weighted by molar-refractivity contribution is 6.96. The van der Waals surface area contributed by atoms with Crippen molar-refractivity contribution in [1.29, 1.82) is 0 Å². The normalized spacial score (nSPS) is 13.1. The van der Waals surface area contributed by atoms with Crippen molar-refractivity contribution in [3.63, 3.8) is 0 Å². The molecule has 0 saturated carbocycles. The molecule has 5 heteroatoms. The van der Waals surface area contributed by atoms with E-state index in [1.807, 2.05) is 12.1 Å². The lowest BCUT2D eigenvalue weighted by Crippen LogP contribution is -2.50. The van der Waals surface area contributed by atoms with E-state index in [1.54, 1.807) is 0 Å². The molecule has 4 aromatic rings. The highest BCUT2D eigenvalue weighted by Crippen LogP contribution is 2.42. The van der Waals surface area contributed by atoms with Crippen LogP contribution < -0.4 is 15.1 Å². The zero-order valence-corrected chi connectivity index (χ0v) is 26.2. The fraction of sp³-hybridized carbons (Fsp3) is 0.419. The largest absolute Gasteiger partial charge is 0.488 e. The summed E-state index contributed by atoms with van der Waals surface area (Å²) < 4.78 is 13.9. The lowest BCUT2D eigenvalue weighted by Gasteiger charge is -2.36. The molecule has 0 saturated heterocycles. The zero-order valence-electron chi connectivity index (χ0n) is 23.4. The third-order valence-corrected chi connectivity index (χ3v) is 15.4. The molecule has 0 radical (unpaired) electrons. The van der Waals surface area contributed by atoms with Crippen molar-refractivity contribution in [2.24, 2.45) is 0 Å². The Labute approximate surface area is 224 Å². The molecule has 0 N–H and O–H groups in total.